The van der Waals surface area contributed by atoms with Gasteiger partial charge in [0.1, 0.15) is 0 Å². The van der Waals surface area contributed by atoms with Crippen molar-refractivity contribution >= 4 is 5.57 Å². The number of hydrogen-bond donors (Lipinski definition) is 0. The van der Waals surface area contributed by atoms with Gasteiger partial charge in [-0.1, -0.05) is 75.4 Å². The number of allylic oxidation sites excluding steroid dienone is 5. The van der Waals surface area contributed by atoms with Crippen LogP contribution in [0.5, 0.6) is 0 Å². The second kappa shape index (κ2) is 6.06. The molecule has 0 saturated heterocycles. The van der Waals surface area contributed by atoms with E-state index in [1.807, 2.05) is 0 Å². The number of benzene rings is 1. The summed E-state index contributed by atoms with van der Waals surface area (Å²) in [6, 6.07) is 8.75. The molecule has 1 aliphatic rings. The molecule has 100 valence electrons. The number of rotatable bonds is 5. The Morgan fingerprint density at radius 1 is 1.21 bits per heavy atom. The highest BCUT2D eigenvalue weighted by molar-refractivity contribution is 5.73. The van der Waals surface area contributed by atoms with Crippen LogP contribution in [-0.2, 0) is 6.42 Å². The summed E-state index contributed by atoms with van der Waals surface area (Å²) in [7, 11) is 0. The molecule has 0 aliphatic heterocycles. The van der Waals surface area contributed by atoms with Crippen molar-refractivity contribution < 1.29 is 0 Å². The first-order valence-corrected chi connectivity index (χ1v) is 7.35. The van der Waals surface area contributed by atoms with Gasteiger partial charge in [0.15, 0.2) is 0 Å². The molecule has 0 radical (unpaired) electrons. The van der Waals surface area contributed by atoms with Crippen LogP contribution in [0.2, 0.25) is 0 Å². The Labute approximate surface area is 117 Å². The zero-order valence-corrected chi connectivity index (χ0v) is 12.2. The third-order valence-corrected chi connectivity index (χ3v) is 4.24. The third kappa shape index (κ3) is 2.73. The van der Waals surface area contributed by atoms with Gasteiger partial charge >= 0.3 is 0 Å². The van der Waals surface area contributed by atoms with Crippen LogP contribution in [0, 0.1) is 5.41 Å². The first kappa shape index (κ1) is 13.9. The lowest BCUT2D eigenvalue weighted by atomic mass is 9.70. The Morgan fingerprint density at radius 3 is 2.63 bits per heavy atom. The van der Waals surface area contributed by atoms with E-state index in [1.54, 1.807) is 0 Å². The zero-order chi connectivity index (χ0) is 13.7. The summed E-state index contributed by atoms with van der Waals surface area (Å²) in [6.07, 6.45) is 13.4. The highest BCUT2D eigenvalue weighted by atomic mass is 14.3. The standard InChI is InChI=1S/C19H24/c1-4-11-17-12-7-8-13-18(17)16(3)19(5-2)14-9-6-10-15-19/h6-10,12-14H,3-5,11,15H2,1-2H3. The Morgan fingerprint density at radius 2 is 2.00 bits per heavy atom. The van der Waals surface area contributed by atoms with Crippen molar-refractivity contribution in [3.05, 3.63) is 66.3 Å². The van der Waals surface area contributed by atoms with Gasteiger partial charge in [-0.15, -0.1) is 0 Å². The summed E-state index contributed by atoms with van der Waals surface area (Å²) in [6.45, 7) is 8.94. The van der Waals surface area contributed by atoms with Gasteiger partial charge in [0.25, 0.3) is 0 Å². The van der Waals surface area contributed by atoms with E-state index < -0.39 is 0 Å². The van der Waals surface area contributed by atoms with Crippen molar-refractivity contribution in [3.8, 4) is 0 Å². The molecule has 0 bridgehead atoms. The molecule has 2 rings (SSSR count). The molecule has 0 amide bonds. The van der Waals surface area contributed by atoms with Crippen LogP contribution >= 0.6 is 0 Å². The number of aryl methyl sites for hydroxylation is 1. The Kier molecular flexibility index (Phi) is 4.42. The lowest BCUT2D eigenvalue weighted by Gasteiger charge is -2.33. The van der Waals surface area contributed by atoms with Crippen LogP contribution in [0.1, 0.15) is 44.2 Å². The van der Waals surface area contributed by atoms with Crippen molar-refractivity contribution in [1.82, 2.24) is 0 Å². The van der Waals surface area contributed by atoms with E-state index in [0.29, 0.717) is 0 Å². The van der Waals surface area contributed by atoms with Gasteiger partial charge in [-0.3, -0.25) is 0 Å². The predicted octanol–water partition coefficient (Wildman–Crippen LogP) is 5.56. The average Bonchev–Trinajstić information content (AvgIpc) is 2.48. The van der Waals surface area contributed by atoms with Gasteiger partial charge in [0.2, 0.25) is 0 Å². The van der Waals surface area contributed by atoms with Crippen molar-refractivity contribution in [3.63, 3.8) is 0 Å². The minimum absolute atomic E-state index is 0.110. The first-order valence-electron chi connectivity index (χ1n) is 7.35. The Balaban J connectivity index is 2.38. The molecular weight excluding hydrogens is 228 g/mol. The fourth-order valence-electron chi connectivity index (χ4n) is 2.93. The third-order valence-electron chi connectivity index (χ3n) is 4.24. The minimum Gasteiger partial charge on any atom is -0.0943 e. The summed E-state index contributed by atoms with van der Waals surface area (Å²) in [4.78, 5) is 0. The van der Waals surface area contributed by atoms with Crippen molar-refractivity contribution in [2.45, 2.75) is 39.5 Å². The predicted molar refractivity (Wildman–Crippen MR) is 85.1 cm³/mol. The normalized spacial score (nSPS) is 21.6. The molecule has 0 N–H and O–H groups in total. The van der Waals surface area contributed by atoms with E-state index in [4.69, 9.17) is 0 Å². The molecule has 0 aromatic heterocycles. The minimum atomic E-state index is 0.110. The average molecular weight is 252 g/mol. The molecule has 0 spiro atoms. The second-order valence-corrected chi connectivity index (χ2v) is 5.39. The summed E-state index contributed by atoms with van der Waals surface area (Å²) in [5.41, 5.74) is 4.18. The van der Waals surface area contributed by atoms with E-state index in [-0.39, 0.29) is 5.41 Å². The summed E-state index contributed by atoms with van der Waals surface area (Å²) in [5.74, 6) is 0. The van der Waals surface area contributed by atoms with Gasteiger partial charge < -0.3 is 0 Å². The lowest BCUT2D eigenvalue weighted by molar-refractivity contribution is 0.496. The van der Waals surface area contributed by atoms with Gasteiger partial charge in [-0.25, -0.2) is 0 Å². The molecular formula is C19H24. The van der Waals surface area contributed by atoms with Crippen LogP contribution in [0.15, 0.2) is 55.1 Å². The van der Waals surface area contributed by atoms with Crippen LogP contribution in [0.4, 0.5) is 0 Å². The van der Waals surface area contributed by atoms with E-state index in [0.717, 1.165) is 19.3 Å². The fraction of sp³-hybridized carbons (Fsp3) is 0.368. The number of hydrogen-bond acceptors (Lipinski definition) is 0. The van der Waals surface area contributed by atoms with Crippen molar-refractivity contribution in [2.75, 3.05) is 0 Å². The maximum atomic E-state index is 4.45. The van der Waals surface area contributed by atoms with Crippen LogP contribution in [-0.4, -0.2) is 0 Å². The van der Waals surface area contributed by atoms with E-state index in [1.165, 1.54) is 23.1 Å². The van der Waals surface area contributed by atoms with Gasteiger partial charge in [-0.2, -0.15) is 0 Å². The molecule has 1 aromatic carbocycles. The molecule has 1 aromatic rings. The molecule has 0 nitrogen and oxygen atoms in total. The topological polar surface area (TPSA) is 0 Å². The molecule has 0 fully saturated rings. The highest BCUT2D eigenvalue weighted by Crippen LogP contribution is 2.44. The summed E-state index contributed by atoms with van der Waals surface area (Å²) >= 11 is 0. The maximum Gasteiger partial charge on any atom is 0.0167 e. The van der Waals surface area contributed by atoms with E-state index in [2.05, 4.69) is 69.0 Å². The smallest absolute Gasteiger partial charge is 0.0167 e. The molecule has 0 saturated carbocycles. The fourth-order valence-corrected chi connectivity index (χ4v) is 2.93. The zero-order valence-electron chi connectivity index (χ0n) is 12.2. The van der Waals surface area contributed by atoms with Gasteiger partial charge in [0, 0.05) is 5.41 Å². The summed E-state index contributed by atoms with van der Waals surface area (Å²) < 4.78 is 0. The van der Waals surface area contributed by atoms with Crippen LogP contribution < -0.4 is 0 Å². The maximum absolute atomic E-state index is 4.45. The van der Waals surface area contributed by atoms with Gasteiger partial charge in [0.05, 0.1) is 0 Å². The van der Waals surface area contributed by atoms with Crippen LogP contribution in [0.25, 0.3) is 5.57 Å². The molecule has 1 atom stereocenters. The SMILES string of the molecule is C=C(c1ccccc1CCC)C1(CC)C=CC=CC1. The molecule has 19 heavy (non-hydrogen) atoms. The monoisotopic (exact) mass is 252 g/mol. The highest BCUT2D eigenvalue weighted by Gasteiger charge is 2.29. The van der Waals surface area contributed by atoms with E-state index >= 15 is 0 Å². The van der Waals surface area contributed by atoms with Gasteiger partial charge in [-0.05, 0) is 36.0 Å². The van der Waals surface area contributed by atoms with Crippen molar-refractivity contribution in [2.24, 2.45) is 5.41 Å². The Bertz CT molecular complexity index is 505. The second-order valence-electron chi connectivity index (χ2n) is 5.39. The van der Waals surface area contributed by atoms with Crippen molar-refractivity contribution in [1.29, 1.82) is 0 Å². The molecule has 1 unspecified atom stereocenters. The molecule has 0 heteroatoms. The molecule has 1 aliphatic carbocycles. The van der Waals surface area contributed by atoms with E-state index in [9.17, 15) is 0 Å². The first-order chi connectivity index (χ1) is 9.23. The summed E-state index contributed by atoms with van der Waals surface area (Å²) in [5, 5.41) is 0. The quantitative estimate of drug-likeness (QED) is 0.643. The molecule has 0 heterocycles. The largest absolute Gasteiger partial charge is 0.0943 e. The lowest BCUT2D eigenvalue weighted by Crippen LogP contribution is -2.20. The Hall–Kier alpha value is -1.56. The van der Waals surface area contributed by atoms with Crippen LogP contribution in [0.3, 0.4) is 0 Å².